The highest BCUT2D eigenvalue weighted by Crippen LogP contribution is 2.31. The highest BCUT2D eigenvalue weighted by atomic mass is 32.1. The maximum absolute atomic E-state index is 5.44. The van der Waals surface area contributed by atoms with Gasteiger partial charge in [-0.05, 0) is 33.8 Å². The van der Waals surface area contributed by atoms with Crippen LogP contribution in [0.4, 0.5) is 0 Å². The molecule has 0 N–H and O–H groups in total. The summed E-state index contributed by atoms with van der Waals surface area (Å²) in [4.78, 5) is 5.44. The minimum absolute atomic E-state index is 1.11. The van der Waals surface area contributed by atoms with Crippen LogP contribution in [0.25, 0.3) is 20.3 Å². The van der Waals surface area contributed by atoms with Crippen molar-refractivity contribution >= 4 is 60.6 Å². The van der Waals surface area contributed by atoms with Gasteiger partial charge in [-0.15, -0.1) is 11.3 Å². The second kappa shape index (κ2) is 7.86. The minimum Gasteiger partial charge on any atom is -0.255 e. The van der Waals surface area contributed by atoms with Crippen molar-refractivity contribution in [2.75, 3.05) is 0 Å². The summed E-state index contributed by atoms with van der Waals surface area (Å²) in [5, 5.41) is 6.47. The van der Waals surface area contributed by atoms with Crippen molar-refractivity contribution in [1.82, 2.24) is 4.98 Å². The van der Waals surface area contributed by atoms with E-state index in [0.717, 1.165) is 5.52 Å². The third-order valence-electron chi connectivity index (χ3n) is 6.22. The molecule has 152 valence electrons. The molecule has 0 fully saturated rings. The van der Waals surface area contributed by atoms with E-state index in [9.17, 15) is 0 Å². The fourth-order valence-corrected chi connectivity index (χ4v) is 10.4. The molecular weight excluding hydrogens is 422 g/mol. The number of hydrogen-bond donors (Lipinski definition) is 0. The zero-order valence-corrected chi connectivity index (χ0v) is 19.3. The maximum Gasteiger partial charge on any atom is 0.201 e. The Morgan fingerprint density at radius 3 is 1.53 bits per heavy atom. The van der Waals surface area contributed by atoms with Gasteiger partial charge in [0.05, 0.1) is 10.2 Å². The third kappa shape index (κ3) is 2.94. The molecule has 0 saturated carbocycles. The van der Waals surface area contributed by atoms with Crippen LogP contribution in [0.5, 0.6) is 0 Å². The summed E-state index contributed by atoms with van der Waals surface area (Å²) in [5.74, 6) is 0. The molecule has 6 rings (SSSR count). The van der Waals surface area contributed by atoms with Gasteiger partial charge in [0.1, 0.15) is 0 Å². The van der Waals surface area contributed by atoms with E-state index >= 15 is 0 Å². The summed E-state index contributed by atoms with van der Waals surface area (Å²) in [6.07, 6.45) is 0. The van der Waals surface area contributed by atoms with Gasteiger partial charge in [-0.2, -0.15) is 0 Å². The van der Waals surface area contributed by atoms with Gasteiger partial charge in [0.2, 0.25) is 8.07 Å². The Kier molecular flexibility index (Phi) is 4.71. The normalized spacial score (nSPS) is 11.8. The van der Waals surface area contributed by atoms with E-state index in [4.69, 9.17) is 4.98 Å². The largest absolute Gasteiger partial charge is 0.255 e. The fraction of sp³-hybridized carbons (Fsp3) is 0. The lowest BCUT2D eigenvalue weighted by atomic mass is 10.2. The van der Waals surface area contributed by atoms with E-state index in [-0.39, 0.29) is 0 Å². The van der Waals surface area contributed by atoms with E-state index in [2.05, 4.69) is 127 Å². The average Bonchev–Trinajstić information content (AvgIpc) is 3.25. The monoisotopic (exact) mass is 443 g/mol. The second-order valence-corrected chi connectivity index (χ2v) is 12.8. The van der Waals surface area contributed by atoms with Crippen LogP contribution in [0.3, 0.4) is 0 Å². The van der Waals surface area contributed by atoms with Crippen LogP contribution in [-0.4, -0.2) is 13.1 Å². The van der Waals surface area contributed by atoms with Crippen LogP contribution in [0.2, 0.25) is 0 Å². The van der Waals surface area contributed by atoms with E-state index in [1.54, 1.807) is 0 Å². The molecule has 0 aliphatic heterocycles. The van der Waals surface area contributed by atoms with Crippen LogP contribution >= 0.6 is 11.3 Å². The lowest BCUT2D eigenvalue weighted by Gasteiger charge is -2.33. The minimum atomic E-state index is -2.58. The van der Waals surface area contributed by atoms with E-state index in [1.165, 1.54) is 35.7 Å². The number of benzene rings is 4. The lowest BCUT2D eigenvalue weighted by molar-refractivity contribution is 1.48. The highest BCUT2D eigenvalue weighted by molar-refractivity contribution is 7.26. The van der Waals surface area contributed by atoms with Gasteiger partial charge in [0, 0.05) is 15.4 Å². The van der Waals surface area contributed by atoms with Crippen molar-refractivity contribution < 1.29 is 0 Å². The van der Waals surface area contributed by atoms with Crippen LogP contribution in [0, 0.1) is 0 Å². The maximum atomic E-state index is 5.44. The fourth-order valence-electron chi connectivity index (χ4n) is 4.81. The van der Waals surface area contributed by atoms with Gasteiger partial charge < -0.3 is 0 Å². The smallest absolute Gasteiger partial charge is 0.201 e. The average molecular weight is 444 g/mol. The summed E-state index contributed by atoms with van der Waals surface area (Å²) in [5.41, 5.74) is 1.11. The molecule has 0 aliphatic carbocycles. The number of hydrogen-bond acceptors (Lipinski definition) is 2. The molecule has 4 aromatic carbocycles. The zero-order valence-electron chi connectivity index (χ0n) is 17.5. The van der Waals surface area contributed by atoms with Crippen molar-refractivity contribution in [2.24, 2.45) is 0 Å². The van der Waals surface area contributed by atoms with Gasteiger partial charge in [0.25, 0.3) is 0 Å². The molecule has 0 unspecified atom stereocenters. The van der Waals surface area contributed by atoms with Gasteiger partial charge in [0.15, 0.2) is 0 Å². The van der Waals surface area contributed by atoms with Crippen LogP contribution in [-0.2, 0) is 0 Å². The summed E-state index contributed by atoms with van der Waals surface area (Å²) >= 11 is 1.82. The number of rotatable bonds is 4. The van der Waals surface area contributed by atoms with Gasteiger partial charge in [-0.3, -0.25) is 4.98 Å². The molecule has 0 amide bonds. The lowest BCUT2D eigenvalue weighted by Crippen LogP contribution is -2.75. The Morgan fingerprint density at radius 1 is 0.469 bits per heavy atom. The predicted octanol–water partition coefficient (Wildman–Crippen LogP) is 4.83. The predicted molar refractivity (Wildman–Crippen MR) is 141 cm³/mol. The second-order valence-electron chi connectivity index (χ2n) is 7.99. The Bertz CT molecular complexity index is 1410. The van der Waals surface area contributed by atoms with Crippen molar-refractivity contribution in [2.45, 2.75) is 0 Å². The van der Waals surface area contributed by atoms with Gasteiger partial charge in [-0.25, -0.2) is 0 Å². The Morgan fingerprint density at radius 2 is 0.969 bits per heavy atom. The first kappa shape index (κ1) is 19.2. The van der Waals surface area contributed by atoms with Crippen molar-refractivity contribution in [1.29, 1.82) is 0 Å². The number of nitrogens with zero attached hydrogens (tertiary/aromatic N) is 1. The van der Waals surface area contributed by atoms with E-state index < -0.39 is 8.07 Å². The SMILES string of the molecule is c1ccc([Si](c2ccccc2)(c2ccccc2)c2ccc3sc4ccccc4c3n2)cc1. The molecule has 0 saturated heterocycles. The number of pyridine rings is 1. The molecular formula is C29H21NSSi. The zero-order chi connectivity index (χ0) is 21.4. The van der Waals surface area contributed by atoms with E-state index in [1.807, 2.05) is 11.3 Å². The molecule has 1 nitrogen and oxygen atoms in total. The molecule has 32 heavy (non-hydrogen) atoms. The first-order chi connectivity index (χ1) is 15.9. The highest BCUT2D eigenvalue weighted by Gasteiger charge is 2.42. The Balaban J connectivity index is 1.76. The molecule has 3 heteroatoms. The number of fused-ring (bicyclic) bond motifs is 3. The summed E-state index contributed by atoms with van der Waals surface area (Å²) in [7, 11) is -2.58. The Hall–Kier alpha value is -3.53. The molecule has 0 bridgehead atoms. The molecule has 0 radical (unpaired) electrons. The van der Waals surface area contributed by atoms with Crippen molar-refractivity contribution in [3.63, 3.8) is 0 Å². The van der Waals surface area contributed by atoms with Crippen molar-refractivity contribution in [3.8, 4) is 0 Å². The Labute approximate surface area is 192 Å². The van der Waals surface area contributed by atoms with Gasteiger partial charge >= 0.3 is 0 Å². The van der Waals surface area contributed by atoms with Gasteiger partial charge in [-0.1, -0.05) is 109 Å². The molecule has 0 aliphatic rings. The number of aromatic nitrogens is 1. The summed E-state index contributed by atoms with van der Waals surface area (Å²) < 4.78 is 2.53. The first-order valence-corrected chi connectivity index (χ1v) is 13.6. The quantitative estimate of drug-likeness (QED) is 0.281. The summed E-state index contributed by atoms with van der Waals surface area (Å²) in [6, 6.07) is 46.1. The topological polar surface area (TPSA) is 12.9 Å². The molecule has 0 atom stereocenters. The van der Waals surface area contributed by atoms with Crippen molar-refractivity contribution in [3.05, 3.63) is 127 Å². The summed E-state index contributed by atoms with van der Waals surface area (Å²) in [6.45, 7) is 0. The van der Waals surface area contributed by atoms with Crippen LogP contribution in [0.1, 0.15) is 0 Å². The molecule has 6 aromatic rings. The molecule has 2 aromatic heterocycles. The van der Waals surface area contributed by atoms with Crippen LogP contribution in [0.15, 0.2) is 127 Å². The van der Waals surface area contributed by atoms with E-state index in [0.29, 0.717) is 0 Å². The molecule has 2 heterocycles. The first-order valence-electron chi connectivity index (χ1n) is 10.8. The number of thiophene rings is 1. The van der Waals surface area contributed by atoms with Crippen LogP contribution < -0.4 is 20.9 Å². The molecule has 0 spiro atoms. The standard InChI is InChI=1S/C29H21NSSi/c1-4-12-22(13-5-1)32(23-14-6-2-7-15-23,24-16-8-3-9-17-24)28-21-20-27-29(30-28)25-18-10-11-19-26(25)31-27/h1-21H. The third-order valence-corrected chi connectivity index (χ3v) is 12.0.